The standard InChI is InChI=1S/C9H7ClN2OS/c1-6(13)12-9-3-2-7(14-5-11)4-8(9)10/h2-4H,1H3,(H,12,13). The molecule has 0 heterocycles. The predicted molar refractivity (Wildman–Crippen MR) is 57.2 cm³/mol. The first kappa shape index (κ1) is 10.9. The Morgan fingerprint density at radius 3 is 2.86 bits per heavy atom. The van der Waals surface area contributed by atoms with Crippen molar-refractivity contribution in [1.82, 2.24) is 0 Å². The number of hydrogen-bond donors (Lipinski definition) is 1. The van der Waals surface area contributed by atoms with Gasteiger partial charge in [0, 0.05) is 11.8 Å². The molecule has 0 fully saturated rings. The van der Waals surface area contributed by atoms with Crippen molar-refractivity contribution in [3.8, 4) is 5.40 Å². The Morgan fingerprint density at radius 2 is 2.36 bits per heavy atom. The molecular formula is C9H7ClN2OS. The lowest BCUT2D eigenvalue weighted by atomic mass is 10.3. The minimum Gasteiger partial charge on any atom is -0.325 e. The second-order valence-corrected chi connectivity index (χ2v) is 3.78. The summed E-state index contributed by atoms with van der Waals surface area (Å²) >= 11 is 6.90. The highest BCUT2D eigenvalue weighted by Crippen LogP contribution is 2.27. The predicted octanol–water partition coefficient (Wildman–Crippen LogP) is 2.87. The monoisotopic (exact) mass is 226 g/mol. The molecule has 0 aliphatic carbocycles. The van der Waals surface area contributed by atoms with E-state index in [9.17, 15) is 4.79 Å². The van der Waals surface area contributed by atoms with Crippen molar-refractivity contribution in [2.75, 3.05) is 5.32 Å². The van der Waals surface area contributed by atoms with E-state index in [-0.39, 0.29) is 5.91 Å². The third-order valence-corrected chi connectivity index (χ3v) is 2.31. The van der Waals surface area contributed by atoms with Gasteiger partial charge in [0.2, 0.25) is 5.91 Å². The Labute approximate surface area is 91.1 Å². The number of amides is 1. The molecule has 0 aliphatic rings. The summed E-state index contributed by atoms with van der Waals surface area (Å²) in [6, 6.07) is 5.04. The average molecular weight is 227 g/mol. The van der Waals surface area contributed by atoms with E-state index in [0.717, 1.165) is 16.7 Å². The molecule has 0 bridgehead atoms. The average Bonchev–Trinajstić information content (AvgIpc) is 2.10. The first-order valence-electron chi connectivity index (χ1n) is 3.76. The van der Waals surface area contributed by atoms with E-state index < -0.39 is 0 Å². The van der Waals surface area contributed by atoms with Crippen molar-refractivity contribution in [3.63, 3.8) is 0 Å². The van der Waals surface area contributed by atoms with Crippen LogP contribution >= 0.6 is 23.4 Å². The molecule has 0 aliphatic heterocycles. The van der Waals surface area contributed by atoms with Crippen LogP contribution in [0.1, 0.15) is 6.92 Å². The van der Waals surface area contributed by atoms with Crippen molar-refractivity contribution in [3.05, 3.63) is 23.2 Å². The van der Waals surface area contributed by atoms with Crippen LogP contribution in [0.2, 0.25) is 5.02 Å². The smallest absolute Gasteiger partial charge is 0.221 e. The molecule has 1 aromatic rings. The molecule has 0 saturated carbocycles. The molecule has 5 heteroatoms. The van der Waals surface area contributed by atoms with Gasteiger partial charge in [-0.25, -0.2) is 0 Å². The van der Waals surface area contributed by atoms with Crippen molar-refractivity contribution in [1.29, 1.82) is 5.26 Å². The van der Waals surface area contributed by atoms with E-state index in [1.807, 2.05) is 5.40 Å². The van der Waals surface area contributed by atoms with E-state index in [4.69, 9.17) is 16.9 Å². The summed E-state index contributed by atoms with van der Waals surface area (Å²) in [5.74, 6) is -0.174. The van der Waals surface area contributed by atoms with E-state index in [1.165, 1.54) is 6.92 Å². The number of nitrogens with zero attached hydrogens (tertiary/aromatic N) is 1. The fourth-order valence-corrected chi connectivity index (χ4v) is 1.61. The minimum absolute atomic E-state index is 0.174. The van der Waals surface area contributed by atoms with Crippen LogP contribution < -0.4 is 5.32 Å². The molecular weight excluding hydrogens is 220 g/mol. The van der Waals surface area contributed by atoms with Gasteiger partial charge in [-0.3, -0.25) is 4.79 Å². The number of anilines is 1. The summed E-state index contributed by atoms with van der Waals surface area (Å²) in [5.41, 5.74) is 0.557. The molecule has 1 amide bonds. The van der Waals surface area contributed by atoms with Crippen molar-refractivity contribution in [2.24, 2.45) is 0 Å². The molecule has 0 radical (unpaired) electrons. The van der Waals surface area contributed by atoms with Gasteiger partial charge in [0.15, 0.2) is 0 Å². The Kier molecular flexibility index (Phi) is 3.81. The van der Waals surface area contributed by atoms with Gasteiger partial charge < -0.3 is 5.32 Å². The number of rotatable bonds is 2. The highest BCUT2D eigenvalue weighted by molar-refractivity contribution is 8.03. The summed E-state index contributed by atoms with van der Waals surface area (Å²) in [5, 5.41) is 13.4. The molecule has 1 N–H and O–H groups in total. The van der Waals surface area contributed by atoms with Crippen molar-refractivity contribution >= 4 is 35.0 Å². The highest BCUT2D eigenvalue weighted by Gasteiger charge is 2.03. The van der Waals surface area contributed by atoms with Crippen molar-refractivity contribution < 1.29 is 4.79 Å². The number of thioether (sulfide) groups is 1. The normalized spacial score (nSPS) is 9.21. The molecule has 72 valence electrons. The third-order valence-electron chi connectivity index (χ3n) is 1.41. The van der Waals surface area contributed by atoms with Crippen LogP contribution in [-0.4, -0.2) is 5.91 Å². The van der Waals surface area contributed by atoms with E-state index in [1.54, 1.807) is 18.2 Å². The second-order valence-electron chi connectivity index (χ2n) is 2.52. The van der Waals surface area contributed by atoms with Crippen LogP contribution in [-0.2, 0) is 4.79 Å². The van der Waals surface area contributed by atoms with Crippen LogP contribution in [0.4, 0.5) is 5.69 Å². The summed E-state index contributed by atoms with van der Waals surface area (Å²) in [6.07, 6.45) is 0. The molecule has 0 saturated heterocycles. The largest absolute Gasteiger partial charge is 0.325 e. The molecule has 0 aromatic heterocycles. The van der Waals surface area contributed by atoms with Crippen LogP contribution in [0, 0.1) is 10.7 Å². The van der Waals surface area contributed by atoms with Gasteiger partial charge in [-0.05, 0) is 30.0 Å². The lowest BCUT2D eigenvalue weighted by molar-refractivity contribution is -0.114. The fraction of sp³-hybridized carbons (Fsp3) is 0.111. The fourth-order valence-electron chi connectivity index (χ4n) is 0.903. The Morgan fingerprint density at radius 1 is 1.64 bits per heavy atom. The number of benzene rings is 1. The zero-order valence-electron chi connectivity index (χ0n) is 7.37. The SMILES string of the molecule is CC(=O)Nc1ccc(SC#N)cc1Cl. The number of nitriles is 1. The Hall–Kier alpha value is -1.18. The van der Waals surface area contributed by atoms with Gasteiger partial charge in [-0.2, -0.15) is 5.26 Å². The van der Waals surface area contributed by atoms with Gasteiger partial charge in [0.25, 0.3) is 0 Å². The molecule has 3 nitrogen and oxygen atoms in total. The topological polar surface area (TPSA) is 52.9 Å². The van der Waals surface area contributed by atoms with Gasteiger partial charge in [-0.1, -0.05) is 11.6 Å². The van der Waals surface area contributed by atoms with Gasteiger partial charge in [-0.15, -0.1) is 0 Å². The zero-order chi connectivity index (χ0) is 10.6. The Bertz CT molecular complexity index is 400. The number of thiocyanates is 1. The summed E-state index contributed by atoms with van der Waals surface area (Å²) in [4.78, 5) is 11.5. The molecule has 1 rings (SSSR count). The third kappa shape index (κ3) is 2.95. The highest BCUT2D eigenvalue weighted by atomic mass is 35.5. The van der Waals surface area contributed by atoms with Crippen LogP contribution in [0.3, 0.4) is 0 Å². The summed E-state index contributed by atoms with van der Waals surface area (Å²) < 4.78 is 0. The van der Waals surface area contributed by atoms with Crippen LogP contribution in [0.5, 0.6) is 0 Å². The van der Waals surface area contributed by atoms with E-state index in [2.05, 4.69) is 5.32 Å². The maximum Gasteiger partial charge on any atom is 0.221 e. The van der Waals surface area contributed by atoms with Crippen LogP contribution in [0.15, 0.2) is 23.1 Å². The number of carbonyl (C=O) groups excluding carboxylic acids is 1. The first-order valence-corrected chi connectivity index (χ1v) is 4.96. The van der Waals surface area contributed by atoms with Gasteiger partial charge >= 0.3 is 0 Å². The molecule has 1 aromatic carbocycles. The lowest BCUT2D eigenvalue weighted by Gasteiger charge is -2.04. The zero-order valence-corrected chi connectivity index (χ0v) is 8.95. The maximum atomic E-state index is 10.7. The molecule has 14 heavy (non-hydrogen) atoms. The van der Waals surface area contributed by atoms with Gasteiger partial charge in [0.05, 0.1) is 10.7 Å². The lowest BCUT2D eigenvalue weighted by Crippen LogP contribution is -2.05. The number of halogens is 1. The number of hydrogen-bond acceptors (Lipinski definition) is 3. The summed E-state index contributed by atoms with van der Waals surface area (Å²) in [6.45, 7) is 1.41. The quantitative estimate of drug-likeness (QED) is 0.623. The van der Waals surface area contributed by atoms with Crippen LogP contribution in [0.25, 0.3) is 0 Å². The minimum atomic E-state index is -0.174. The van der Waals surface area contributed by atoms with E-state index >= 15 is 0 Å². The molecule has 0 atom stereocenters. The second kappa shape index (κ2) is 4.89. The number of nitrogens with one attached hydrogen (secondary N) is 1. The maximum absolute atomic E-state index is 10.7. The Balaban J connectivity index is 2.90. The van der Waals surface area contributed by atoms with Crippen molar-refractivity contribution in [2.45, 2.75) is 11.8 Å². The van der Waals surface area contributed by atoms with E-state index in [0.29, 0.717) is 10.7 Å². The summed E-state index contributed by atoms with van der Waals surface area (Å²) in [7, 11) is 0. The first-order chi connectivity index (χ1) is 6.63. The molecule has 0 unspecified atom stereocenters. The molecule has 0 spiro atoms. The number of carbonyl (C=O) groups is 1. The van der Waals surface area contributed by atoms with Gasteiger partial charge in [0.1, 0.15) is 5.40 Å².